The van der Waals surface area contributed by atoms with Crippen LogP contribution in [0.2, 0.25) is 0 Å². The summed E-state index contributed by atoms with van der Waals surface area (Å²) < 4.78 is 18.2. The van der Waals surface area contributed by atoms with Gasteiger partial charge in [-0.1, -0.05) is 0 Å². The number of anilines is 1. The first-order chi connectivity index (χ1) is 13.4. The number of nitrogens with one attached hydrogen (secondary N) is 4. The van der Waals surface area contributed by atoms with Crippen molar-refractivity contribution >= 4 is 47.6 Å². The molecular weight excluding hydrogens is 504 g/mol. The fraction of sp³-hybridized carbons (Fsp3) is 0.550. The van der Waals surface area contributed by atoms with E-state index in [9.17, 15) is 14.0 Å². The number of hydrogen-bond donors (Lipinski definition) is 4. The Kier molecular flexibility index (Phi) is 11.7. The Morgan fingerprint density at radius 1 is 1.07 bits per heavy atom. The minimum absolute atomic E-state index is 0. The van der Waals surface area contributed by atoms with Crippen molar-refractivity contribution in [1.29, 1.82) is 0 Å². The fourth-order valence-corrected chi connectivity index (χ4v) is 2.16. The molecule has 0 aliphatic rings. The number of alkyl carbamates (subject to hydrolysis) is 1. The van der Waals surface area contributed by atoms with Gasteiger partial charge in [-0.15, -0.1) is 24.0 Å². The number of amides is 2. The van der Waals surface area contributed by atoms with Crippen molar-refractivity contribution in [3.8, 4) is 0 Å². The Labute approximate surface area is 194 Å². The zero-order valence-electron chi connectivity index (χ0n) is 18.4. The summed E-state index contributed by atoms with van der Waals surface area (Å²) in [6.07, 6.45) is -0.509. The van der Waals surface area contributed by atoms with Gasteiger partial charge in [0.25, 0.3) is 0 Å². The maximum atomic E-state index is 12.9. The van der Waals surface area contributed by atoms with E-state index in [0.717, 1.165) is 0 Å². The van der Waals surface area contributed by atoms with Crippen LogP contribution in [0, 0.1) is 5.82 Å². The maximum Gasteiger partial charge on any atom is 0.408 e. The van der Waals surface area contributed by atoms with Crippen molar-refractivity contribution in [2.24, 2.45) is 4.99 Å². The summed E-state index contributed by atoms with van der Waals surface area (Å²) in [6, 6.07) is 5.49. The third kappa shape index (κ3) is 12.5. The van der Waals surface area contributed by atoms with Crippen LogP contribution in [0.4, 0.5) is 14.9 Å². The van der Waals surface area contributed by atoms with Crippen molar-refractivity contribution in [3.05, 3.63) is 30.1 Å². The van der Waals surface area contributed by atoms with Crippen molar-refractivity contribution < 1.29 is 18.7 Å². The van der Waals surface area contributed by atoms with Gasteiger partial charge in [-0.05, 0) is 65.8 Å². The summed E-state index contributed by atoms with van der Waals surface area (Å²) >= 11 is 0. The molecule has 0 saturated heterocycles. The molecule has 0 atom stereocenters. The zero-order valence-corrected chi connectivity index (χ0v) is 20.7. The molecule has 0 spiro atoms. The van der Waals surface area contributed by atoms with Gasteiger partial charge >= 0.3 is 6.09 Å². The highest BCUT2D eigenvalue weighted by Crippen LogP contribution is 2.09. The van der Waals surface area contributed by atoms with Gasteiger partial charge in [-0.3, -0.25) is 4.79 Å². The van der Waals surface area contributed by atoms with E-state index < -0.39 is 17.2 Å². The first-order valence-electron chi connectivity index (χ1n) is 9.49. The molecule has 8 nitrogen and oxygen atoms in total. The molecule has 1 aromatic carbocycles. The van der Waals surface area contributed by atoms with Crippen LogP contribution in [0.5, 0.6) is 0 Å². The van der Waals surface area contributed by atoms with Gasteiger partial charge in [0, 0.05) is 18.8 Å². The second-order valence-corrected chi connectivity index (χ2v) is 8.11. The second kappa shape index (κ2) is 12.6. The van der Waals surface area contributed by atoms with Gasteiger partial charge in [0.1, 0.15) is 18.0 Å². The number of carbonyl (C=O) groups excluding carboxylic acids is 2. The molecule has 4 N–H and O–H groups in total. The minimum atomic E-state index is -0.616. The third-order valence-corrected chi connectivity index (χ3v) is 3.39. The molecule has 1 aromatic rings. The Balaban J connectivity index is 0.00000841. The van der Waals surface area contributed by atoms with E-state index in [-0.39, 0.29) is 42.2 Å². The molecule has 0 unspecified atom stereocenters. The summed E-state index contributed by atoms with van der Waals surface area (Å²) in [5, 5.41) is 11.6. The highest BCUT2D eigenvalue weighted by molar-refractivity contribution is 14.0. The lowest BCUT2D eigenvalue weighted by molar-refractivity contribution is -0.114. The van der Waals surface area contributed by atoms with Crippen LogP contribution >= 0.6 is 24.0 Å². The van der Waals surface area contributed by atoms with Crippen molar-refractivity contribution in [3.63, 3.8) is 0 Å². The summed E-state index contributed by atoms with van der Waals surface area (Å²) in [7, 11) is 0. The van der Waals surface area contributed by atoms with Gasteiger partial charge in [0.2, 0.25) is 5.91 Å². The van der Waals surface area contributed by atoms with Gasteiger partial charge in [-0.25, -0.2) is 14.2 Å². The molecule has 10 heteroatoms. The number of ether oxygens (including phenoxy) is 1. The highest BCUT2D eigenvalue weighted by atomic mass is 127. The largest absolute Gasteiger partial charge is 0.444 e. The summed E-state index contributed by atoms with van der Waals surface area (Å²) in [5.74, 6) is -0.275. The molecule has 0 saturated carbocycles. The van der Waals surface area contributed by atoms with E-state index in [1.807, 2.05) is 20.8 Å². The van der Waals surface area contributed by atoms with Crippen LogP contribution in [0.15, 0.2) is 29.3 Å². The van der Waals surface area contributed by atoms with E-state index in [1.165, 1.54) is 24.3 Å². The van der Waals surface area contributed by atoms with E-state index in [2.05, 4.69) is 26.3 Å². The smallest absolute Gasteiger partial charge is 0.408 e. The molecule has 0 aromatic heterocycles. The van der Waals surface area contributed by atoms with E-state index >= 15 is 0 Å². The Bertz CT molecular complexity index is 718. The Hall–Kier alpha value is -2.11. The maximum absolute atomic E-state index is 12.9. The lowest BCUT2D eigenvalue weighted by Gasteiger charge is -2.29. The first-order valence-corrected chi connectivity index (χ1v) is 9.49. The average molecular weight is 537 g/mol. The standard InChI is InChI=1S/C20H32FN5O3.HI/c1-7-22-17(23-12-16(27)25-15-10-8-14(21)9-11-15)24-13-20(5,6)26-18(28)29-19(2,3)4;/h8-11H,7,12-13H2,1-6H3,(H,25,27)(H,26,28)(H2,22,23,24);1H. The normalized spacial score (nSPS) is 11.8. The number of aliphatic imine (C=N–C) groups is 1. The molecule has 170 valence electrons. The molecule has 2 amide bonds. The number of guanidine groups is 1. The average Bonchev–Trinajstić information content (AvgIpc) is 2.57. The molecule has 1 rings (SSSR count). The lowest BCUT2D eigenvalue weighted by Crippen LogP contribution is -2.54. The van der Waals surface area contributed by atoms with Crippen molar-refractivity contribution in [2.45, 2.75) is 52.7 Å². The van der Waals surface area contributed by atoms with E-state index in [4.69, 9.17) is 4.74 Å². The van der Waals surface area contributed by atoms with Crippen LogP contribution in [-0.4, -0.2) is 48.7 Å². The number of halogens is 2. The Morgan fingerprint density at radius 2 is 1.67 bits per heavy atom. The molecule has 0 aliphatic heterocycles. The zero-order chi connectivity index (χ0) is 22.1. The molecule has 0 bridgehead atoms. The Morgan fingerprint density at radius 3 is 2.20 bits per heavy atom. The number of rotatable bonds is 7. The van der Waals surface area contributed by atoms with Gasteiger partial charge in [0.05, 0.1) is 5.54 Å². The van der Waals surface area contributed by atoms with Crippen LogP contribution < -0.4 is 21.3 Å². The molecule has 0 fully saturated rings. The van der Waals surface area contributed by atoms with Crippen LogP contribution in [-0.2, 0) is 9.53 Å². The predicted octanol–water partition coefficient (Wildman–Crippen LogP) is 3.24. The van der Waals surface area contributed by atoms with E-state index in [0.29, 0.717) is 24.7 Å². The van der Waals surface area contributed by atoms with Gasteiger partial charge in [0.15, 0.2) is 5.96 Å². The highest BCUT2D eigenvalue weighted by Gasteiger charge is 2.24. The molecule has 30 heavy (non-hydrogen) atoms. The van der Waals surface area contributed by atoms with Crippen LogP contribution in [0.1, 0.15) is 41.5 Å². The first kappa shape index (κ1) is 27.9. The summed E-state index contributed by atoms with van der Waals surface area (Å²) in [5.41, 5.74) is -0.705. The van der Waals surface area contributed by atoms with Crippen LogP contribution in [0.3, 0.4) is 0 Å². The van der Waals surface area contributed by atoms with Gasteiger partial charge < -0.3 is 26.0 Å². The quantitative estimate of drug-likeness (QED) is 0.243. The molecule has 0 heterocycles. The fourth-order valence-electron chi connectivity index (χ4n) is 2.16. The van der Waals surface area contributed by atoms with Crippen LogP contribution in [0.25, 0.3) is 0 Å². The van der Waals surface area contributed by atoms with E-state index in [1.54, 1.807) is 20.8 Å². The number of hydrogen-bond acceptors (Lipinski definition) is 4. The van der Waals surface area contributed by atoms with Crippen molar-refractivity contribution in [2.75, 3.05) is 25.0 Å². The third-order valence-electron chi connectivity index (χ3n) is 3.39. The predicted molar refractivity (Wildman–Crippen MR) is 128 cm³/mol. The van der Waals surface area contributed by atoms with Gasteiger partial charge in [-0.2, -0.15) is 0 Å². The number of benzene rings is 1. The topological polar surface area (TPSA) is 104 Å². The SMILES string of the molecule is CCNC(=NCC(=O)Nc1ccc(F)cc1)NCC(C)(C)NC(=O)OC(C)(C)C.I. The van der Waals surface area contributed by atoms with Crippen molar-refractivity contribution in [1.82, 2.24) is 16.0 Å². The summed E-state index contributed by atoms with van der Waals surface area (Å²) in [6.45, 7) is 11.8. The molecule has 0 radical (unpaired) electrons. The lowest BCUT2D eigenvalue weighted by atomic mass is 10.1. The minimum Gasteiger partial charge on any atom is -0.444 e. The molecular formula is C20H33FIN5O3. The second-order valence-electron chi connectivity index (χ2n) is 8.11. The summed E-state index contributed by atoms with van der Waals surface area (Å²) in [4.78, 5) is 28.2. The number of carbonyl (C=O) groups is 2. The number of nitrogens with zero attached hydrogens (tertiary/aromatic N) is 1. The monoisotopic (exact) mass is 537 g/mol. The molecule has 0 aliphatic carbocycles.